The number of hydrogen-bond donors (Lipinski definition) is 1. The van der Waals surface area contributed by atoms with Crippen LogP contribution in [0.5, 0.6) is 0 Å². The largest absolute Gasteiger partial charge is 0.395 e. The van der Waals surface area contributed by atoms with Gasteiger partial charge in [-0.05, 0) is 31.0 Å². The minimum absolute atomic E-state index is 0.0611. The number of aromatic nitrogens is 1. The second kappa shape index (κ2) is 4.10. The Kier molecular flexibility index (Phi) is 2.68. The summed E-state index contributed by atoms with van der Waals surface area (Å²) >= 11 is 1.39. The molecule has 0 spiro atoms. The first kappa shape index (κ1) is 11.7. The van der Waals surface area contributed by atoms with E-state index in [1.807, 2.05) is 0 Å². The van der Waals surface area contributed by atoms with E-state index in [9.17, 15) is 13.9 Å². The van der Waals surface area contributed by atoms with Gasteiger partial charge in [0.15, 0.2) is 0 Å². The molecule has 2 nitrogen and oxygen atoms in total. The van der Waals surface area contributed by atoms with Gasteiger partial charge in [-0.3, -0.25) is 0 Å². The molecule has 2 aromatic rings. The molecule has 94 valence electrons. The highest BCUT2D eigenvalue weighted by Crippen LogP contribution is 2.49. The van der Waals surface area contributed by atoms with Gasteiger partial charge in [0.05, 0.1) is 12.3 Å². The molecule has 1 aliphatic carbocycles. The zero-order valence-electron chi connectivity index (χ0n) is 9.49. The summed E-state index contributed by atoms with van der Waals surface area (Å²) in [4.78, 5) is 4.34. The van der Waals surface area contributed by atoms with E-state index in [1.165, 1.54) is 11.3 Å². The van der Waals surface area contributed by atoms with Crippen molar-refractivity contribution >= 4 is 11.3 Å². The Morgan fingerprint density at radius 3 is 2.78 bits per heavy atom. The van der Waals surface area contributed by atoms with E-state index in [0.717, 1.165) is 36.0 Å². The minimum atomic E-state index is -0.484. The van der Waals surface area contributed by atoms with Gasteiger partial charge >= 0.3 is 0 Å². The van der Waals surface area contributed by atoms with Crippen LogP contribution < -0.4 is 0 Å². The second-order valence-electron chi connectivity index (χ2n) is 4.60. The third kappa shape index (κ3) is 1.83. The lowest BCUT2D eigenvalue weighted by Crippen LogP contribution is -2.11. The number of halogens is 2. The van der Waals surface area contributed by atoms with E-state index < -0.39 is 11.6 Å². The fraction of sp³-hybridized carbons (Fsp3) is 0.308. The van der Waals surface area contributed by atoms with Crippen molar-refractivity contribution < 1.29 is 13.9 Å². The zero-order valence-corrected chi connectivity index (χ0v) is 10.3. The van der Waals surface area contributed by atoms with E-state index in [4.69, 9.17) is 0 Å². The van der Waals surface area contributed by atoms with Crippen LogP contribution >= 0.6 is 11.3 Å². The average Bonchev–Trinajstić information content (AvgIpc) is 3.02. The summed E-state index contributed by atoms with van der Waals surface area (Å²) in [6, 6.07) is 3.33. The molecule has 0 saturated heterocycles. The maximum atomic E-state index is 13.6. The number of benzene rings is 1. The van der Waals surface area contributed by atoms with Gasteiger partial charge in [0.2, 0.25) is 0 Å². The monoisotopic (exact) mass is 267 g/mol. The van der Waals surface area contributed by atoms with Gasteiger partial charge in [-0.1, -0.05) is 0 Å². The van der Waals surface area contributed by atoms with Crippen molar-refractivity contribution in [3.8, 4) is 11.3 Å². The van der Waals surface area contributed by atoms with Gasteiger partial charge in [0.1, 0.15) is 16.6 Å². The molecule has 0 atom stereocenters. The molecular formula is C13H11F2NOS. The van der Waals surface area contributed by atoms with Crippen LogP contribution in [0.4, 0.5) is 8.78 Å². The fourth-order valence-electron chi connectivity index (χ4n) is 1.93. The molecule has 0 aliphatic heterocycles. The fourth-order valence-corrected chi connectivity index (χ4v) is 3.00. The Morgan fingerprint density at radius 2 is 2.11 bits per heavy atom. The molecule has 0 unspecified atom stereocenters. The average molecular weight is 267 g/mol. The van der Waals surface area contributed by atoms with Crippen molar-refractivity contribution in [1.29, 1.82) is 0 Å². The van der Waals surface area contributed by atoms with Crippen molar-refractivity contribution in [2.45, 2.75) is 18.3 Å². The molecule has 1 aromatic carbocycles. The highest BCUT2D eigenvalue weighted by Gasteiger charge is 2.46. The molecule has 5 heteroatoms. The first-order valence-corrected chi connectivity index (χ1v) is 6.55. The predicted octanol–water partition coefficient (Wildman–Crippen LogP) is 3.11. The number of rotatable bonds is 3. The lowest BCUT2D eigenvalue weighted by molar-refractivity contribution is 0.255. The van der Waals surface area contributed by atoms with Crippen LogP contribution in [0.1, 0.15) is 17.8 Å². The molecule has 0 amide bonds. The Hall–Kier alpha value is -1.33. The van der Waals surface area contributed by atoms with Gasteiger partial charge < -0.3 is 5.11 Å². The number of aliphatic hydroxyl groups is 1. The zero-order chi connectivity index (χ0) is 12.8. The first-order valence-electron chi connectivity index (χ1n) is 5.67. The van der Waals surface area contributed by atoms with E-state index in [0.29, 0.717) is 5.69 Å². The van der Waals surface area contributed by atoms with Crippen LogP contribution in [-0.2, 0) is 5.41 Å². The Balaban J connectivity index is 2.00. The van der Waals surface area contributed by atoms with Crippen LogP contribution in [0, 0.1) is 11.6 Å². The van der Waals surface area contributed by atoms with Gasteiger partial charge in [-0.2, -0.15) is 0 Å². The molecule has 1 N–H and O–H groups in total. The summed E-state index contributed by atoms with van der Waals surface area (Å²) in [5, 5.41) is 11.8. The summed E-state index contributed by atoms with van der Waals surface area (Å²) in [7, 11) is 0. The van der Waals surface area contributed by atoms with Gasteiger partial charge in [0, 0.05) is 16.4 Å². The second-order valence-corrected chi connectivity index (χ2v) is 5.46. The molecule has 1 aromatic heterocycles. The van der Waals surface area contributed by atoms with Crippen LogP contribution in [0.3, 0.4) is 0 Å². The quantitative estimate of drug-likeness (QED) is 0.927. The predicted molar refractivity (Wildman–Crippen MR) is 65.5 cm³/mol. The van der Waals surface area contributed by atoms with Crippen molar-refractivity contribution in [2.75, 3.05) is 6.61 Å². The number of thiazole rings is 1. The summed E-state index contributed by atoms with van der Waals surface area (Å²) in [6.07, 6.45) is 1.81. The summed E-state index contributed by atoms with van der Waals surface area (Å²) in [6.45, 7) is 0.0611. The minimum Gasteiger partial charge on any atom is -0.395 e. The molecule has 1 fully saturated rings. The van der Waals surface area contributed by atoms with Gasteiger partial charge in [-0.25, -0.2) is 13.8 Å². The summed E-state index contributed by atoms with van der Waals surface area (Å²) in [5.74, 6) is -0.966. The van der Waals surface area contributed by atoms with Crippen molar-refractivity contribution in [3.05, 3.63) is 40.2 Å². The number of nitrogens with zero attached hydrogens (tertiary/aromatic N) is 1. The third-order valence-electron chi connectivity index (χ3n) is 3.32. The molecular weight excluding hydrogens is 256 g/mol. The van der Waals surface area contributed by atoms with Gasteiger partial charge in [-0.15, -0.1) is 11.3 Å². The third-order valence-corrected chi connectivity index (χ3v) is 4.41. The van der Waals surface area contributed by atoms with E-state index >= 15 is 0 Å². The Bertz CT molecular complexity index is 592. The lowest BCUT2D eigenvalue weighted by atomic mass is 10.1. The smallest absolute Gasteiger partial charge is 0.132 e. The topological polar surface area (TPSA) is 33.1 Å². The van der Waals surface area contributed by atoms with Crippen molar-refractivity contribution in [1.82, 2.24) is 4.98 Å². The van der Waals surface area contributed by atoms with E-state index in [2.05, 4.69) is 4.98 Å². The molecule has 0 radical (unpaired) electrons. The summed E-state index contributed by atoms with van der Waals surface area (Å²) in [5.41, 5.74) is 0.380. The van der Waals surface area contributed by atoms with Crippen LogP contribution in [-0.4, -0.2) is 16.7 Å². The molecule has 1 saturated carbocycles. The van der Waals surface area contributed by atoms with Crippen molar-refractivity contribution in [3.63, 3.8) is 0 Å². The Morgan fingerprint density at radius 1 is 1.33 bits per heavy atom. The Labute approximate surface area is 107 Å². The maximum Gasteiger partial charge on any atom is 0.132 e. The summed E-state index contributed by atoms with van der Waals surface area (Å²) < 4.78 is 26.7. The maximum absolute atomic E-state index is 13.6. The normalized spacial score (nSPS) is 16.8. The lowest BCUT2D eigenvalue weighted by Gasteiger charge is -2.06. The molecule has 3 rings (SSSR count). The highest BCUT2D eigenvalue weighted by molar-refractivity contribution is 7.10. The van der Waals surface area contributed by atoms with Crippen LogP contribution in [0.15, 0.2) is 23.6 Å². The number of hydrogen-bond acceptors (Lipinski definition) is 3. The van der Waals surface area contributed by atoms with E-state index in [-0.39, 0.29) is 17.6 Å². The molecule has 18 heavy (non-hydrogen) atoms. The molecule has 1 heterocycles. The highest BCUT2D eigenvalue weighted by atomic mass is 32.1. The molecule has 0 bridgehead atoms. The standard InChI is InChI=1S/C13H11F2NOS/c14-8-1-2-10(15)9(5-8)11-6-18-12(16-11)13(7-17)3-4-13/h1-2,5-6,17H,3-4,7H2. The van der Waals surface area contributed by atoms with Gasteiger partial charge in [0.25, 0.3) is 0 Å². The van der Waals surface area contributed by atoms with Crippen LogP contribution in [0.2, 0.25) is 0 Å². The van der Waals surface area contributed by atoms with E-state index in [1.54, 1.807) is 5.38 Å². The SMILES string of the molecule is OCC1(c2nc(-c3cc(F)ccc3F)cs2)CC1. The first-order chi connectivity index (χ1) is 8.64. The molecule has 1 aliphatic rings. The number of aliphatic hydroxyl groups excluding tert-OH is 1. The van der Waals surface area contributed by atoms with Crippen LogP contribution in [0.25, 0.3) is 11.3 Å². The van der Waals surface area contributed by atoms with Crippen molar-refractivity contribution in [2.24, 2.45) is 0 Å².